The monoisotopic (exact) mass is 505 g/mol. The summed E-state index contributed by atoms with van der Waals surface area (Å²) in [5, 5.41) is 10.6. The Morgan fingerprint density at radius 2 is 1.60 bits per heavy atom. The van der Waals surface area contributed by atoms with Crippen molar-refractivity contribution in [2.24, 2.45) is 0 Å². The molecule has 0 bridgehead atoms. The third kappa shape index (κ3) is 5.63. The molecule has 3 rings (SSSR count). The molecule has 4 nitrogen and oxygen atoms in total. The van der Waals surface area contributed by atoms with E-state index in [1.54, 1.807) is 6.07 Å². The second kappa shape index (κ2) is 10.1. The van der Waals surface area contributed by atoms with Crippen LogP contribution in [-0.2, 0) is 17.8 Å². The fraction of sp³-hybridized carbons (Fsp3) is 0.130. The summed E-state index contributed by atoms with van der Waals surface area (Å²) in [5.74, 6) is -1.56. The minimum Gasteiger partial charge on any atom is -0.480 e. The number of benzene rings is 3. The average molecular weight is 507 g/mol. The fourth-order valence-electron chi connectivity index (χ4n) is 3.10. The molecular formula is C23H18BrCl2NO3. The molecule has 1 N–H and O–H groups in total. The highest BCUT2D eigenvalue weighted by Crippen LogP contribution is 2.25. The summed E-state index contributed by atoms with van der Waals surface area (Å²) in [6.07, 6.45) is 0.170. The highest BCUT2D eigenvalue weighted by Gasteiger charge is 2.31. The van der Waals surface area contributed by atoms with E-state index in [1.165, 1.54) is 17.0 Å². The third-order valence-electron chi connectivity index (χ3n) is 4.62. The Morgan fingerprint density at radius 3 is 2.20 bits per heavy atom. The average Bonchev–Trinajstić information content (AvgIpc) is 2.72. The molecule has 154 valence electrons. The second-order valence-corrected chi connectivity index (χ2v) is 8.49. The number of carbonyl (C=O) groups excluding carboxylic acids is 1. The standard InChI is InChI=1S/C23H18BrCl2NO3/c24-17-8-6-16(7-9-17)14-27(22(28)19-11-10-18(25)13-20(19)26)21(23(29)30)12-15-4-2-1-3-5-15/h1-11,13,21H,12,14H2,(H,29,30). The SMILES string of the molecule is O=C(O)C(Cc1ccccc1)N(Cc1ccc(Br)cc1)C(=O)c1ccc(Cl)cc1Cl. The summed E-state index contributed by atoms with van der Waals surface area (Å²) in [5.41, 5.74) is 1.83. The molecule has 7 heteroatoms. The van der Waals surface area contributed by atoms with Crippen LogP contribution in [0, 0.1) is 0 Å². The van der Waals surface area contributed by atoms with Crippen molar-refractivity contribution in [2.75, 3.05) is 0 Å². The third-order valence-corrected chi connectivity index (χ3v) is 5.70. The number of carboxylic acid groups (broad SMARTS) is 1. The lowest BCUT2D eigenvalue weighted by Crippen LogP contribution is -2.46. The maximum Gasteiger partial charge on any atom is 0.326 e. The molecule has 0 aromatic heterocycles. The summed E-state index contributed by atoms with van der Waals surface area (Å²) in [4.78, 5) is 27.0. The first-order valence-corrected chi connectivity index (χ1v) is 10.7. The Kier molecular flexibility index (Phi) is 7.53. The van der Waals surface area contributed by atoms with Gasteiger partial charge in [0.15, 0.2) is 0 Å². The predicted octanol–water partition coefficient (Wildman–Crippen LogP) is 6.09. The highest BCUT2D eigenvalue weighted by molar-refractivity contribution is 9.10. The molecule has 0 radical (unpaired) electrons. The smallest absolute Gasteiger partial charge is 0.326 e. The number of carbonyl (C=O) groups is 2. The Bertz CT molecular complexity index is 1040. The summed E-state index contributed by atoms with van der Waals surface area (Å²) < 4.78 is 0.893. The fourth-order valence-corrected chi connectivity index (χ4v) is 3.85. The number of hydrogen-bond donors (Lipinski definition) is 1. The maximum absolute atomic E-state index is 13.4. The topological polar surface area (TPSA) is 57.6 Å². The number of nitrogens with zero attached hydrogens (tertiary/aromatic N) is 1. The van der Waals surface area contributed by atoms with Gasteiger partial charge in [-0.1, -0.05) is 81.6 Å². The molecule has 1 atom stereocenters. The molecule has 1 amide bonds. The Morgan fingerprint density at radius 1 is 0.933 bits per heavy atom. The van der Waals surface area contributed by atoms with E-state index in [-0.39, 0.29) is 23.6 Å². The molecule has 0 spiro atoms. The molecule has 0 saturated carbocycles. The van der Waals surface area contributed by atoms with E-state index >= 15 is 0 Å². The van der Waals surface area contributed by atoms with Crippen LogP contribution in [0.1, 0.15) is 21.5 Å². The van der Waals surface area contributed by atoms with Gasteiger partial charge in [-0.25, -0.2) is 4.79 Å². The zero-order valence-electron chi connectivity index (χ0n) is 15.8. The minimum absolute atomic E-state index is 0.120. The lowest BCUT2D eigenvalue weighted by Gasteiger charge is -2.30. The first-order chi connectivity index (χ1) is 14.3. The van der Waals surface area contributed by atoms with Crippen molar-refractivity contribution in [3.63, 3.8) is 0 Å². The molecule has 0 fully saturated rings. The molecule has 3 aromatic rings. The van der Waals surface area contributed by atoms with Crippen LogP contribution < -0.4 is 0 Å². The minimum atomic E-state index is -1.09. The molecule has 3 aromatic carbocycles. The van der Waals surface area contributed by atoms with Gasteiger partial charge in [0.1, 0.15) is 6.04 Å². The highest BCUT2D eigenvalue weighted by atomic mass is 79.9. The van der Waals surface area contributed by atoms with Crippen LogP contribution in [0.25, 0.3) is 0 Å². The molecule has 0 heterocycles. The van der Waals surface area contributed by atoms with Crippen molar-refractivity contribution < 1.29 is 14.7 Å². The van der Waals surface area contributed by atoms with Gasteiger partial charge in [-0.3, -0.25) is 4.79 Å². The first kappa shape index (κ1) is 22.3. The van der Waals surface area contributed by atoms with Gasteiger partial charge in [-0.05, 0) is 41.5 Å². The summed E-state index contributed by atoms with van der Waals surface area (Å²) in [6.45, 7) is 0.120. The number of amides is 1. The van der Waals surface area contributed by atoms with Crippen molar-refractivity contribution in [3.8, 4) is 0 Å². The van der Waals surface area contributed by atoms with Crippen LogP contribution in [0.15, 0.2) is 77.3 Å². The van der Waals surface area contributed by atoms with Gasteiger partial charge in [0, 0.05) is 22.5 Å². The Labute approximate surface area is 193 Å². The Hall–Kier alpha value is -2.34. The van der Waals surface area contributed by atoms with Gasteiger partial charge in [-0.2, -0.15) is 0 Å². The molecule has 0 aliphatic rings. The lowest BCUT2D eigenvalue weighted by atomic mass is 10.0. The Balaban J connectivity index is 2.00. The van der Waals surface area contributed by atoms with Gasteiger partial charge in [0.2, 0.25) is 0 Å². The van der Waals surface area contributed by atoms with Crippen molar-refractivity contribution in [1.29, 1.82) is 0 Å². The van der Waals surface area contributed by atoms with E-state index in [0.717, 1.165) is 15.6 Å². The summed E-state index contributed by atoms with van der Waals surface area (Å²) in [6, 6.07) is 20.1. The van der Waals surface area contributed by atoms with Gasteiger partial charge in [0.05, 0.1) is 10.6 Å². The van der Waals surface area contributed by atoms with Crippen molar-refractivity contribution in [3.05, 3.63) is 104 Å². The van der Waals surface area contributed by atoms with E-state index < -0.39 is 17.9 Å². The number of aliphatic carboxylic acids is 1. The largest absolute Gasteiger partial charge is 0.480 e. The van der Waals surface area contributed by atoms with Crippen molar-refractivity contribution >= 4 is 51.0 Å². The maximum atomic E-state index is 13.4. The number of hydrogen-bond acceptors (Lipinski definition) is 2. The molecule has 30 heavy (non-hydrogen) atoms. The van der Waals surface area contributed by atoms with Crippen molar-refractivity contribution in [2.45, 2.75) is 19.0 Å². The normalized spacial score (nSPS) is 11.7. The molecular weight excluding hydrogens is 489 g/mol. The van der Waals surface area contributed by atoms with Crippen LogP contribution in [0.5, 0.6) is 0 Å². The molecule has 0 aliphatic carbocycles. The molecule has 0 saturated heterocycles. The van der Waals surface area contributed by atoms with Gasteiger partial charge >= 0.3 is 5.97 Å². The first-order valence-electron chi connectivity index (χ1n) is 9.12. The van der Waals surface area contributed by atoms with Crippen molar-refractivity contribution in [1.82, 2.24) is 4.90 Å². The number of carboxylic acids is 1. The number of halogens is 3. The summed E-state index contributed by atoms with van der Waals surface area (Å²) in [7, 11) is 0. The van der Waals surface area contributed by atoms with E-state index in [9.17, 15) is 14.7 Å². The van der Waals surface area contributed by atoms with E-state index in [0.29, 0.717) is 5.02 Å². The van der Waals surface area contributed by atoms with Gasteiger partial charge < -0.3 is 10.0 Å². The van der Waals surface area contributed by atoms with Gasteiger partial charge in [-0.15, -0.1) is 0 Å². The van der Waals surface area contributed by atoms with Crippen LogP contribution in [-0.4, -0.2) is 27.9 Å². The lowest BCUT2D eigenvalue weighted by molar-refractivity contribution is -0.142. The zero-order chi connectivity index (χ0) is 21.7. The van der Waals surface area contributed by atoms with E-state index in [4.69, 9.17) is 23.2 Å². The van der Waals surface area contributed by atoms with Crippen LogP contribution in [0.3, 0.4) is 0 Å². The quantitative estimate of drug-likeness (QED) is 0.421. The second-order valence-electron chi connectivity index (χ2n) is 6.73. The van der Waals surface area contributed by atoms with Crippen LogP contribution >= 0.6 is 39.1 Å². The summed E-state index contributed by atoms with van der Waals surface area (Å²) >= 11 is 15.6. The van der Waals surface area contributed by atoms with Crippen LogP contribution in [0.2, 0.25) is 10.0 Å². The van der Waals surface area contributed by atoms with Gasteiger partial charge in [0.25, 0.3) is 5.91 Å². The van der Waals surface area contributed by atoms with Crippen LogP contribution in [0.4, 0.5) is 0 Å². The predicted molar refractivity (Wildman–Crippen MR) is 122 cm³/mol. The molecule has 0 aliphatic heterocycles. The zero-order valence-corrected chi connectivity index (χ0v) is 18.9. The number of rotatable bonds is 7. The molecule has 1 unspecified atom stereocenters. The van der Waals surface area contributed by atoms with E-state index in [1.807, 2.05) is 54.6 Å². The van der Waals surface area contributed by atoms with E-state index in [2.05, 4.69) is 15.9 Å².